The van der Waals surface area contributed by atoms with Crippen LogP contribution >= 0.6 is 24.8 Å². The molecule has 1 aromatic rings. The van der Waals surface area contributed by atoms with E-state index >= 15 is 0 Å². The standard InChI is InChI=1S/C8H13N3O2.2ClH/c1-11-4-3-10-7(11)5-6(9)8(12)13-2;;/h3-4,6H,5,9H2,1-2H3;2*1H. The van der Waals surface area contributed by atoms with Gasteiger partial charge in [0.15, 0.2) is 0 Å². The molecule has 0 fully saturated rings. The molecule has 1 atom stereocenters. The Labute approximate surface area is 101 Å². The van der Waals surface area contributed by atoms with Crippen molar-refractivity contribution in [3.63, 3.8) is 0 Å². The van der Waals surface area contributed by atoms with Crippen LogP contribution in [-0.4, -0.2) is 28.7 Å². The molecule has 0 radical (unpaired) electrons. The number of nitrogens with zero attached hydrogens (tertiary/aromatic N) is 2. The predicted octanol–water partition coefficient (Wildman–Crippen LogP) is 0.306. The van der Waals surface area contributed by atoms with Crippen molar-refractivity contribution >= 4 is 30.8 Å². The Morgan fingerprint density at radius 2 is 2.27 bits per heavy atom. The third-order valence-electron chi connectivity index (χ3n) is 1.83. The van der Waals surface area contributed by atoms with E-state index in [9.17, 15) is 4.79 Å². The number of halogens is 2. The number of hydrogen-bond donors (Lipinski definition) is 1. The first kappa shape index (κ1) is 16.6. The van der Waals surface area contributed by atoms with Crippen LogP contribution in [0.1, 0.15) is 5.82 Å². The van der Waals surface area contributed by atoms with Gasteiger partial charge >= 0.3 is 5.97 Å². The number of carbonyl (C=O) groups is 1. The number of imidazole rings is 1. The highest BCUT2D eigenvalue weighted by atomic mass is 35.5. The number of nitrogens with two attached hydrogens (primary N) is 1. The molecule has 0 spiro atoms. The van der Waals surface area contributed by atoms with E-state index in [1.807, 2.05) is 11.6 Å². The molecule has 7 heteroatoms. The van der Waals surface area contributed by atoms with Crippen LogP contribution in [0, 0.1) is 0 Å². The maximum absolute atomic E-state index is 11.0. The van der Waals surface area contributed by atoms with Crippen LogP contribution in [0.15, 0.2) is 12.4 Å². The average Bonchev–Trinajstić information content (AvgIpc) is 2.50. The van der Waals surface area contributed by atoms with E-state index in [4.69, 9.17) is 5.73 Å². The minimum Gasteiger partial charge on any atom is -0.468 e. The highest BCUT2D eigenvalue weighted by molar-refractivity contribution is 5.85. The number of ether oxygens (including phenoxy) is 1. The molecular formula is C8H15Cl2N3O2. The zero-order chi connectivity index (χ0) is 9.84. The fraction of sp³-hybridized carbons (Fsp3) is 0.500. The summed E-state index contributed by atoms with van der Waals surface area (Å²) in [5.74, 6) is 0.362. The molecule has 0 aliphatic rings. The van der Waals surface area contributed by atoms with Crippen molar-refractivity contribution in [2.24, 2.45) is 12.8 Å². The number of esters is 1. The monoisotopic (exact) mass is 255 g/mol. The van der Waals surface area contributed by atoms with Crippen LogP contribution in [0.5, 0.6) is 0 Å². The molecule has 2 N–H and O–H groups in total. The summed E-state index contributed by atoms with van der Waals surface area (Å²) in [6.07, 6.45) is 3.87. The molecule has 0 aromatic carbocycles. The van der Waals surface area contributed by atoms with Gasteiger partial charge in [-0.25, -0.2) is 4.98 Å². The van der Waals surface area contributed by atoms with Gasteiger partial charge in [-0.15, -0.1) is 24.8 Å². The lowest BCUT2D eigenvalue weighted by Gasteiger charge is -2.08. The lowest BCUT2D eigenvalue weighted by Crippen LogP contribution is -2.34. The zero-order valence-corrected chi connectivity index (χ0v) is 10.2. The number of aryl methyl sites for hydroxylation is 1. The number of methoxy groups -OCH3 is 1. The smallest absolute Gasteiger partial charge is 0.323 e. The van der Waals surface area contributed by atoms with Gasteiger partial charge in [-0.2, -0.15) is 0 Å². The van der Waals surface area contributed by atoms with Crippen LogP contribution < -0.4 is 5.73 Å². The molecule has 0 saturated heterocycles. The molecule has 1 rings (SSSR count). The van der Waals surface area contributed by atoms with Crippen molar-refractivity contribution in [2.45, 2.75) is 12.5 Å². The largest absolute Gasteiger partial charge is 0.468 e. The van der Waals surface area contributed by atoms with Gasteiger partial charge in [0, 0.05) is 25.9 Å². The molecule has 88 valence electrons. The van der Waals surface area contributed by atoms with Crippen molar-refractivity contribution in [1.82, 2.24) is 9.55 Å². The summed E-state index contributed by atoms with van der Waals surface area (Å²) in [7, 11) is 3.17. The van der Waals surface area contributed by atoms with Gasteiger partial charge < -0.3 is 15.0 Å². The van der Waals surface area contributed by atoms with Gasteiger partial charge in [-0.3, -0.25) is 4.79 Å². The summed E-state index contributed by atoms with van der Waals surface area (Å²) >= 11 is 0. The summed E-state index contributed by atoms with van der Waals surface area (Å²) in [4.78, 5) is 15.0. The summed E-state index contributed by atoms with van der Waals surface area (Å²) < 4.78 is 6.32. The topological polar surface area (TPSA) is 70.1 Å². The summed E-state index contributed by atoms with van der Waals surface area (Å²) in [5.41, 5.74) is 5.56. The summed E-state index contributed by atoms with van der Waals surface area (Å²) in [6, 6.07) is -0.633. The van der Waals surface area contributed by atoms with Crippen molar-refractivity contribution < 1.29 is 9.53 Å². The Morgan fingerprint density at radius 3 is 2.67 bits per heavy atom. The number of carbonyl (C=O) groups excluding carboxylic acids is 1. The molecular weight excluding hydrogens is 241 g/mol. The van der Waals surface area contributed by atoms with Crippen molar-refractivity contribution in [1.29, 1.82) is 0 Å². The Hall–Kier alpha value is -0.780. The number of hydrogen-bond acceptors (Lipinski definition) is 4. The Balaban J connectivity index is 0. The average molecular weight is 256 g/mol. The molecule has 15 heavy (non-hydrogen) atoms. The second kappa shape index (κ2) is 7.50. The van der Waals surface area contributed by atoms with Crippen LogP contribution in [0.4, 0.5) is 0 Å². The quantitative estimate of drug-likeness (QED) is 0.790. The minimum absolute atomic E-state index is 0. The van der Waals surface area contributed by atoms with E-state index in [0.717, 1.165) is 5.82 Å². The van der Waals surface area contributed by atoms with E-state index in [-0.39, 0.29) is 24.8 Å². The SMILES string of the molecule is COC(=O)C(N)Cc1nccn1C.Cl.Cl. The molecule has 0 saturated carbocycles. The summed E-state index contributed by atoms with van der Waals surface area (Å²) in [5, 5.41) is 0. The molecule has 0 amide bonds. The van der Waals surface area contributed by atoms with Crippen LogP contribution in [0.25, 0.3) is 0 Å². The Bertz CT molecular complexity index is 304. The van der Waals surface area contributed by atoms with E-state index < -0.39 is 12.0 Å². The van der Waals surface area contributed by atoms with Crippen molar-refractivity contribution in [2.75, 3.05) is 7.11 Å². The number of aromatic nitrogens is 2. The van der Waals surface area contributed by atoms with E-state index in [1.165, 1.54) is 7.11 Å². The van der Waals surface area contributed by atoms with E-state index in [2.05, 4.69) is 9.72 Å². The highest BCUT2D eigenvalue weighted by Gasteiger charge is 2.15. The van der Waals surface area contributed by atoms with E-state index in [0.29, 0.717) is 6.42 Å². The van der Waals surface area contributed by atoms with Crippen molar-refractivity contribution in [3.8, 4) is 0 Å². The Kier molecular flexibility index (Phi) is 8.33. The first-order valence-corrected chi connectivity index (χ1v) is 3.94. The predicted molar refractivity (Wildman–Crippen MR) is 61.4 cm³/mol. The third-order valence-corrected chi connectivity index (χ3v) is 1.83. The number of rotatable bonds is 3. The van der Waals surface area contributed by atoms with Crippen LogP contribution in [-0.2, 0) is 23.0 Å². The van der Waals surface area contributed by atoms with Gasteiger partial charge in [0.05, 0.1) is 7.11 Å². The van der Waals surface area contributed by atoms with Crippen LogP contribution in [0.3, 0.4) is 0 Å². The molecule has 5 nitrogen and oxygen atoms in total. The normalized spacial score (nSPS) is 10.9. The second-order valence-electron chi connectivity index (χ2n) is 2.79. The van der Waals surface area contributed by atoms with Gasteiger partial charge in [-0.1, -0.05) is 0 Å². The van der Waals surface area contributed by atoms with Crippen molar-refractivity contribution in [3.05, 3.63) is 18.2 Å². The first-order valence-electron chi connectivity index (χ1n) is 3.94. The van der Waals surface area contributed by atoms with Crippen LogP contribution in [0.2, 0.25) is 0 Å². The fourth-order valence-corrected chi connectivity index (χ4v) is 1.02. The van der Waals surface area contributed by atoms with Gasteiger partial charge in [0.25, 0.3) is 0 Å². The highest BCUT2D eigenvalue weighted by Crippen LogP contribution is 1.99. The van der Waals surface area contributed by atoms with Gasteiger partial charge in [0.2, 0.25) is 0 Å². The molecule has 0 aliphatic heterocycles. The molecule has 1 aromatic heterocycles. The maximum Gasteiger partial charge on any atom is 0.323 e. The van der Waals surface area contributed by atoms with E-state index in [1.54, 1.807) is 12.4 Å². The Morgan fingerprint density at radius 1 is 1.67 bits per heavy atom. The van der Waals surface area contributed by atoms with Gasteiger partial charge in [-0.05, 0) is 0 Å². The fourth-order valence-electron chi connectivity index (χ4n) is 1.02. The summed E-state index contributed by atoms with van der Waals surface area (Å²) in [6.45, 7) is 0. The lowest BCUT2D eigenvalue weighted by atomic mass is 10.2. The first-order chi connectivity index (χ1) is 6.15. The maximum atomic E-state index is 11.0. The second-order valence-corrected chi connectivity index (χ2v) is 2.79. The van der Waals surface area contributed by atoms with Gasteiger partial charge in [0.1, 0.15) is 11.9 Å². The lowest BCUT2D eigenvalue weighted by molar-refractivity contribution is -0.142. The molecule has 1 unspecified atom stereocenters. The third kappa shape index (κ3) is 4.51. The molecule has 0 aliphatic carbocycles. The molecule has 0 bridgehead atoms. The zero-order valence-electron chi connectivity index (χ0n) is 8.54. The molecule has 1 heterocycles. The minimum atomic E-state index is -0.633.